The highest BCUT2D eigenvalue weighted by Gasteiger charge is 2.26. The summed E-state index contributed by atoms with van der Waals surface area (Å²) < 4.78 is 6.15. The summed E-state index contributed by atoms with van der Waals surface area (Å²) in [5.74, 6) is 1.48. The lowest BCUT2D eigenvalue weighted by Gasteiger charge is -2.31. The van der Waals surface area contributed by atoms with Crippen molar-refractivity contribution in [2.24, 2.45) is 17.8 Å². The van der Waals surface area contributed by atoms with Gasteiger partial charge in [0, 0.05) is 61.8 Å². The van der Waals surface area contributed by atoms with Crippen molar-refractivity contribution in [2.45, 2.75) is 119 Å². The zero-order valence-corrected chi connectivity index (χ0v) is 55.0. The Morgan fingerprint density at radius 1 is 0.489 bits per heavy atom. The summed E-state index contributed by atoms with van der Waals surface area (Å²) in [7, 11) is 0. The fourth-order valence-corrected chi connectivity index (χ4v) is 13.0. The number of carbonyl (C=O) groups is 3. The summed E-state index contributed by atoms with van der Waals surface area (Å²) in [5.41, 5.74) is 10.7. The van der Waals surface area contributed by atoms with E-state index in [9.17, 15) is 14.4 Å². The molecule has 0 saturated carbocycles. The zero-order valence-electron chi connectivity index (χ0n) is 52.7. The molecule has 0 bridgehead atoms. The van der Waals surface area contributed by atoms with Crippen LogP contribution >= 0.6 is 34.8 Å². The van der Waals surface area contributed by atoms with Crippen molar-refractivity contribution in [1.82, 2.24) is 58.7 Å². The number of halogens is 3. The molecule has 3 amide bonds. The summed E-state index contributed by atoms with van der Waals surface area (Å²) in [5, 5.41) is 10.2. The van der Waals surface area contributed by atoms with Crippen molar-refractivity contribution >= 4 is 103 Å². The van der Waals surface area contributed by atoms with Crippen LogP contribution in [0.15, 0.2) is 110 Å². The van der Waals surface area contributed by atoms with Gasteiger partial charge in [-0.15, -0.1) is 0 Å². The number of nitrogens with one attached hydrogen (secondary N) is 3. The first-order chi connectivity index (χ1) is 43.7. The van der Waals surface area contributed by atoms with Gasteiger partial charge in [0.15, 0.2) is 16.9 Å². The van der Waals surface area contributed by atoms with Crippen LogP contribution in [0.5, 0.6) is 0 Å². The minimum absolute atomic E-state index is 0.159. The SMILES string of the molecule is CCN1CCC(CCn2cnc3c(Cl)c(C(=O)N(CC)c4ccc(C)cc4)cnc32)CC1.CCN1CCC(CCn2cnc3c(Cl)c(C(=O)Nc4ccc(C)cc4)cnc32)CC1.Cc1ccc(NC(=O)c2cnc3c(ncn3CCC3CCNCC3)c2Cl)cc1. The molecule has 3 saturated heterocycles. The van der Waals surface area contributed by atoms with Crippen molar-refractivity contribution in [3.05, 3.63) is 159 Å². The predicted octanol–water partition coefficient (Wildman–Crippen LogP) is 14.0. The van der Waals surface area contributed by atoms with E-state index < -0.39 is 0 Å². The van der Waals surface area contributed by atoms with Crippen molar-refractivity contribution in [3.8, 4) is 0 Å². The van der Waals surface area contributed by atoms with Gasteiger partial charge in [-0.1, -0.05) is 102 Å². The van der Waals surface area contributed by atoms with Gasteiger partial charge >= 0.3 is 0 Å². The number of fused-ring (bicyclic) bond motifs is 3. The fraction of sp³-hybridized carbons (Fsp3) is 0.435. The lowest BCUT2D eigenvalue weighted by Crippen LogP contribution is -2.33. The molecule has 3 aromatic carbocycles. The van der Waals surface area contributed by atoms with Gasteiger partial charge in [0.05, 0.1) is 50.7 Å². The van der Waals surface area contributed by atoms with Crippen LogP contribution in [0.4, 0.5) is 17.1 Å². The Morgan fingerprint density at radius 2 is 0.833 bits per heavy atom. The van der Waals surface area contributed by atoms with Crippen LogP contribution in [-0.4, -0.2) is 130 Å². The number of aromatic nitrogens is 9. The molecule has 0 unspecified atom stereocenters. The van der Waals surface area contributed by atoms with Crippen LogP contribution in [0.3, 0.4) is 0 Å². The number of nitrogens with zero attached hydrogens (tertiary/aromatic N) is 12. The van der Waals surface area contributed by atoms with Gasteiger partial charge in [0.25, 0.3) is 17.7 Å². The molecule has 3 aliphatic heterocycles. The summed E-state index contributed by atoms with van der Waals surface area (Å²) in [6.07, 6.45) is 20.8. The lowest BCUT2D eigenvalue weighted by atomic mass is 9.93. The molecular weight excluding hydrogens is 1190 g/mol. The van der Waals surface area contributed by atoms with E-state index in [4.69, 9.17) is 34.8 Å². The highest BCUT2D eigenvalue weighted by molar-refractivity contribution is 6.39. The Hall–Kier alpha value is -7.32. The molecule has 0 radical (unpaired) electrons. The Bertz CT molecular complexity index is 3860. The Labute approximate surface area is 543 Å². The van der Waals surface area contributed by atoms with Gasteiger partial charge in [0.1, 0.15) is 16.6 Å². The first-order valence-corrected chi connectivity index (χ1v) is 33.1. The molecule has 474 valence electrons. The molecule has 6 aromatic heterocycles. The lowest BCUT2D eigenvalue weighted by molar-refractivity contribution is 0.0985. The Balaban J connectivity index is 0.000000149. The topological polar surface area (TPSA) is 189 Å². The van der Waals surface area contributed by atoms with Crippen molar-refractivity contribution < 1.29 is 14.4 Å². The van der Waals surface area contributed by atoms with Gasteiger partial charge in [-0.05, 0) is 192 Å². The molecule has 3 N–H and O–H groups in total. The van der Waals surface area contributed by atoms with Crippen molar-refractivity contribution in [3.63, 3.8) is 0 Å². The second-order valence-electron chi connectivity index (χ2n) is 24.1. The van der Waals surface area contributed by atoms with Crippen molar-refractivity contribution in [2.75, 3.05) is 74.4 Å². The second-order valence-corrected chi connectivity index (χ2v) is 25.3. The number of pyridine rings is 3. The average molecular weight is 1280 g/mol. The third-order valence-electron chi connectivity index (χ3n) is 18.1. The van der Waals surface area contributed by atoms with Gasteiger partial charge in [-0.3, -0.25) is 14.4 Å². The van der Waals surface area contributed by atoms with E-state index in [1.54, 1.807) is 36.3 Å². The van der Waals surface area contributed by atoms with Crippen LogP contribution in [0, 0.1) is 38.5 Å². The molecule has 9 aromatic rings. The highest BCUT2D eigenvalue weighted by Crippen LogP contribution is 2.32. The maximum absolute atomic E-state index is 13.3. The number of hydrogen-bond acceptors (Lipinski definition) is 12. The normalized spacial score (nSPS) is 15.3. The number of imidazole rings is 3. The Kier molecular flexibility index (Phi) is 22.7. The Morgan fingerprint density at radius 3 is 1.20 bits per heavy atom. The predicted molar refractivity (Wildman–Crippen MR) is 364 cm³/mol. The maximum Gasteiger partial charge on any atom is 0.261 e. The number of amides is 3. The number of piperidine rings is 3. The number of anilines is 3. The molecule has 90 heavy (non-hydrogen) atoms. The third-order valence-corrected chi connectivity index (χ3v) is 19.2. The number of rotatable bonds is 18. The summed E-state index contributed by atoms with van der Waals surface area (Å²) in [6.45, 7) is 24.8. The largest absolute Gasteiger partial charge is 0.322 e. The number of hydrogen-bond donors (Lipinski definition) is 3. The number of aryl methyl sites for hydroxylation is 6. The van der Waals surface area contributed by atoms with E-state index in [2.05, 4.69) is 78.6 Å². The minimum Gasteiger partial charge on any atom is -0.322 e. The van der Waals surface area contributed by atoms with Gasteiger partial charge < -0.3 is 44.4 Å². The molecule has 9 heterocycles. The first kappa shape index (κ1) is 65.6. The summed E-state index contributed by atoms with van der Waals surface area (Å²) >= 11 is 19.7. The molecule has 18 nitrogen and oxygen atoms in total. The van der Waals surface area contributed by atoms with Gasteiger partial charge in [-0.25, -0.2) is 29.9 Å². The van der Waals surface area contributed by atoms with Crippen LogP contribution < -0.4 is 20.9 Å². The zero-order chi connectivity index (χ0) is 63.3. The van der Waals surface area contributed by atoms with Crippen LogP contribution in [0.1, 0.15) is 126 Å². The van der Waals surface area contributed by atoms with Gasteiger partial charge in [0.2, 0.25) is 0 Å². The van der Waals surface area contributed by atoms with E-state index in [1.807, 2.05) is 105 Å². The maximum atomic E-state index is 13.3. The van der Waals surface area contributed by atoms with E-state index in [1.165, 1.54) is 70.9 Å². The summed E-state index contributed by atoms with van der Waals surface area (Å²) in [6, 6.07) is 23.2. The molecule has 0 aliphatic carbocycles. The standard InChI is InChI=1S/C25H32ClN5O.C23H28ClN5O.C21H24ClN5O/c1-4-29-13-10-19(11-14-29)12-15-30-17-28-23-22(26)21(16-27-24(23)30)25(32)31(5-2)20-8-6-18(3)7-9-20;1-3-28-11-8-17(9-12-28)10-13-29-15-26-21-20(24)19(14-25-22(21)29)23(30)27-18-6-4-16(2)5-7-18;1-14-2-4-16(5-3-14)26-21(28)17-12-24-20-19(18(17)22)25-13-27(20)11-8-15-6-9-23-10-7-15/h6-9,16-17,19H,4-5,10-15H2,1-3H3;4-7,14-15,17H,3,8-13H2,1-2H3,(H,27,30);2-5,12-13,15,23H,6-11H2,1H3,(H,26,28). The molecule has 3 aliphatic rings. The third kappa shape index (κ3) is 16.2. The minimum atomic E-state index is -0.285. The number of benzene rings is 3. The molecular formula is C69H84Cl3N15O3. The number of carbonyl (C=O) groups excluding carboxylic acids is 3. The van der Waals surface area contributed by atoms with Crippen LogP contribution in [0.25, 0.3) is 33.5 Å². The van der Waals surface area contributed by atoms with Gasteiger partial charge in [-0.2, -0.15) is 0 Å². The first-order valence-electron chi connectivity index (χ1n) is 32.0. The quantitative estimate of drug-likeness (QED) is 0.0738. The molecule has 0 atom stereocenters. The number of likely N-dealkylation sites (tertiary alicyclic amines) is 2. The molecule has 12 rings (SSSR count). The second kappa shape index (κ2) is 31.1. The van der Waals surface area contributed by atoms with Crippen LogP contribution in [0.2, 0.25) is 15.1 Å². The summed E-state index contributed by atoms with van der Waals surface area (Å²) in [4.78, 5) is 72.3. The highest BCUT2D eigenvalue weighted by atomic mass is 35.5. The molecule has 0 spiro atoms. The van der Waals surface area contributed by atoms with E-state index in [-0.39, 0.29) is 17.7 Å². The monoisotopic (exact) mass is 1280 g/mol. The van der Waals surface area contributed by atoms with E-state index >= 15 is 0 Å². The fourth-order valence-electron chi connectivity index (χ4n) is 12.2. The molecule has 3 fully saturated rings. The van der Waals surface area contributed by atoms with Crippen molar-refractivity contribution in [1.29, 1.82) is 0 Å². The smallest absolute Gasteiger partial charge is 0.261 e. The van der Waals surface area contributed by atoms with Crippen LogP contribution in [-0.2, 0) is 19.6 Å². The average Bonchev–Trinajstić information content (AvgIpc) is 2.03. The molecule has 21 heteroatoms. The van der Waals surface area contributed by atoms with E-state index in [0.717, 1.165) is 134 Å². The van der Waals surface area contributed by atoms with E-state index in [0.29, 0.717) is 54.9 Å².